The van der Waals surface area contributed by atoms with E-state index < -0.39 is 0 Å². The second-order valence-electron chi connectivity index (χ2n) is 3.84. The van der Waals surface area contributed by atoms with E-state index in [0.29, 0.717) is 6.42 Å². The lowest BCUT2D eigenvalue weighted by Crippen LogP contribution is -2.08. The van der Waals surface area contributed by atoms with E-state index in [1.54, 1.807) is 11.8 Å². The van der Waals surface area contributed by atoms with E-state index in [2.05, 4.69) is 19.1 Å². The fourth-order valence-corrected chi connectivity index (χ4v) is 3.41. The molecule has 96 valence electrons. The fraction of sp³-hybridized carbons (Fsp3) is 0.455. The summed E-state index contributed by atoms with van der Waals surface area (Å²) in [6.07, 6.45) is 1.90. The smallest absolute Gasteiger partial charge is 0.306 e. The van der Waals surface area contributed by atoms with Crippen LogP contribution < -0.4 is 0 Å². The molecule has 18 heavy (non-hydrogen) atoms. The van der Waals surface area contributed by atoms with E-state index in [0.717, 1.165) is 20.9 Å². The minimum atomic E-state index is -0.208. The number of rotatable bonds is 4. The molecule has 2 aromatic heterocycles. The minimum Gasteiger partial charge on any atom is -0.469 e. The molecule has 0 saturated carbocycles. The highest BCUT2D eigenvalue weighted by Crippen LogP contribution is 2.32. The van der Waals surface area contributed by atoms with E-state index >= 15 is 0 Å². The fourth-order valence-electron chi connectivity index (χ4n) is 1.53. The summed E-state index contributed by atoms with van der Waals surface area (Å²) in [4.78, 5) is 20.6. The van der Waals surface area contributed by atoms with Crippen LogP contribution in [0, 0.1) is 6.92 Å². The zero-order chi connectivity index (χ0) is 13.1. The number of hydrogen-bond donors (Lipinski definition) is 0. The maximum atomic E-state index is 11.2. The standard InChI is InChI=1S/C11H13N3O2S2/c1-6(4-8(15)16-3)17-10-9-7(2)14-18-11(9)13-5-12-10/h5-6H,4H2,1-3H3. The molecule has 7 heteroatoms. The number of fused-ring (bicyclic) bond motifs is 1. The molecule has 0 bridgehead atoms. The van der Waals surface area contributed by atoms with E-state index in [1.165, 1.54) is 25.0 Å². The largest absolute Gasteiger partial charge is 0.469 e. The highest BCUT2D eigenvalue weighted by atomic mass is 32.2. The Balaban J connectivity index is 2.21. The number of methoxy groups -OCH3 is 1. The third-order valence-corrected chi connectivity index (χ3v) is 4.35. The van der Waals surface area contributed by atoms with Crippen LogP contribution in [0.2, 0.25) is 0 Å². The molecule has 0 saturated heterocycles. The maximum Gasteiger partial charge on any atom is 0.306 e. The van der Waals surface area contributed by atoms with Gasteiger partial charge in [0.25, 0.3) is 0 Å². The van der Waals surface area contributed by atoms with Gasteiger partial charge in [0.2, 0.25) is 0 Å². The molecule has 0 N–H and O–H groups in total. The van der Waals surface area contributed by atoms with Crippen LogP contribution in [0.3, 0.4) is 0 Å². The van der Waals surface area contributed by atoms with Crippen molar-refractivity contribution in [3.63, 3.8) is 0 Å². The van der Waals surface area contributed by atoms with Crippen LogP contribution in [0.5, 0.6) is 0 Å². The Hall–Kier alpha value is -1.21. The van der Waals surface area contributed by atoms with Gasteiger partial charge in [0.05, 0.1) is 24.6 Å². The summed E-state index contributed by atoms with van der Waals surface area (Å²) in [7, 11) is 1.40. The molecule has 2 aromatic rings. The van der Waals surface area contributed by atoms with Gasteiger partial charge in [-0.15, -0.1) is 11.8 Å². The molecule has 0 aliphatic heterocycles. The average Bonchev–Trinajstić information content (AvgIpc) is 2.72. The zero-order valence-electron chi connectivity index (χ0n) is 10.3. The van der Waals surface area contributed by atoms with Crippen molar-refractivity contribution in [1.29, 1.82) is 0 Å². The summed E-state index contributed by atoms with van der Waals surface area (Å²) in [5.74, 6) is -0.208. The number of thioether (sulfide) groups is 1. The Kier molecular flexibility index (Phi) is 4.13. The molecule has 2 rings (SSSR count). The van der Waals surface area contributed by atoms with Crippen molar-refractivity contribution in [1.82, 2.24) is 14.3 Å². The first-order valence-corrected chi connectivity index (χ1v) is 7.07. The van der Waals surface area contributed by atoms with Crippen molar-refractivity contribution in [2.75, 3.05) is 7.11 Å². The molecule has 0 aromatic carbocycles. The van der Waals surface area contributed by atoms with Crippen molar-refractivity contribution in [2.45, 2.75) is 30.5 Å². The molecule has 2 heterocycles. The lowest BCUT2D eigenvalue weighted by atomic mass is 10.3. The Morgan fingerprint density at radius 3 is 3.06 bits per heavy atom. The van der Waals surface area contributed by atoms with Gasteiger partial charge in [-0.25, -0.2) is 9.97 Å². The predicted molar refractivity (Wildman–Crippen MR) is 71.9 cm³/mol. The molecule has 0 spiro atoms. The molecule has 0 amide bonds. The molecule has 0 aliphatic rings. The van der Waals surface area contributed by atoms with E-state index in [-0.39, 0.29) is 11.2 Å². The maximum absolute atomic E-state index is 11.2. The monoisotopic (exact) mass is 283 g/mol. The summed E-state index contributed by atoms with van der Waals surface area (Å²) in [5, 5.41) is 1.97. The van der Waals surface area contributed by atoms with Crippen molar-refractivity contribution in [2.24, 2.45) is 0 Å². The van der Waals surface area contributed by atoms with Gasteiger partial charge in [0.1, 0.15) is 16.2 Å². The van der Waals surface area contributed by atoms with Gasteiger partial charge in [0.15, 0.2) is 0 Å². The Bertz CT molecular complexity index is 570. The summed E-state index contributed by atoms with van der Waals surface area (Å²) in [5.41, 5.74) is 0.934. The molecular formula is C11H13N3O2S2. The van der Waals surface area contributed by atoms with Crippen LogP contribution in [0.15, 0.2) is 11.4 Å². The number of aromatic nitrogens is 3. The quantitative estimate of drug-likeness (QED) is 0.488. The minimum absolute atomic E-state index is 0.106. The highest BCUT2D eigenvalue weighted by Gasteiger charge is 2.16. The number of esters is 1. The third-order valence-electron chi connectivity index (χ3n) is 2.40. The van der Waals surface area contributed by atoms with E-state index in [9.17, 15) is 4.79 Å². The number of nitrogens with zero attached hydrogens (tertiary/aromatic N) is 3. The third kappa shape index (κ3) is 2.78. The van der Waals surface area contributed by atoms with Crippen LogP contribution in [0.25, 0.3) is 10.2 Å². The van der Waals surface area contributed by atoms with Crippen LogP contribution >= 0.6 is 23.3 Å². The van der Waals surface area contributed by atoms with Crippen LogP contribution in [-0.2, 0) is 9.53 Å². The first kappa shape index (κ1) is 13.2. The zero-order valence-corrected chi connectivity index (χ0v) is 12.0. The molecule has 0 aliphatic carbocycles. The Morgan fingerprint density at radius 1 is 1.56 bits per heavy atom. The van der Waals surface area contributed by atoms with Gasteiger partial charge in [-0.2, -0.15) is 4.37 Å². The topological polar surface area (TPSA) is 65.0 Å². The van der Waals surface area contributed by atoms with Crippen molar-refractivity contribution < 1.29 is 9.53 Å². The van der Waals surface area contributed by atoms with Crippen LogP contribution in [0.1, 0.15) is 19.0 Å². The second kappa shape index (κ2) is 5.62. The number of carbonyl (C=O) groups is 1. The summed E-state index contributed by atoms with van der Waals surface area (Å²) >= 11 is 2.92. The number of hydrogen-bond acceptors (Lipinski definition) is 7. The normalized spacial score (nSPS) is 12.6. The van der Waals surface area contributed by atoms with Gasteiger partial charge in [-0.05, 0) is 18.5 Å². The van der Waals surface area contributed by atoms with Crippen molar-refractivity contribution in [3.05, 3.63) is 12.0 Å². The highest BCUT2D eigenvalue weighted by molar-refractivity contribution is 8.00. The number of aryl methyl sites for hydroxylation is 1. The lowest BCUT2D eigenvalue weighted by Gasteiger charge is -2.09. The van der Waals surface area contributed by atoms with Gasteiger partial charge >= 0.3 is 5.97 Å². The van der Waals surface area contributed by atoms with Crippen molar-refractivity contribution >= 4 is 39.5 Å². The SMILES string of the molecule is COC(=O)CC(C)Sc1ncnc2snc(C)c12. The molecule has 1 unspecified atom stereocenters. The van der Waals surface area contributed by atoms with Gasteiger partial charge < -0.3 is 4.74 Å². The Morgan fingerprint density at radius 2 is 2.33 bits per heavy atom. The van der Waals surface area contributed by atoms with Gasteiger partial charge in [0, 0.05) is 5.25 Å². The lowest BCUT2D eigenvalue weighted by molar-refractivity contribution is -0.140. The molecule has 0 fully saturated rings. The van der Waals surface area contributed by atoms with E-state index in [1.807, 2.05) is 13.8 Å². The summed E-state index contributed by atoms with van der Waals surface area (Å²) in [6, 6.07) is 0. The summed E-state index contributed by atoms with van der Waals surface area (Å²) in [6.45, 7) is 3.92. The van der Waals surface area contributed by atoms with E-state index in [4.69, 9.17) is 0 Å². The first-order valence-electron chi connectivity index (χ1n) is 5.42. The van der Waals surface area contributed by atoms with Crippen LogP contribution in [0.4, 0.5) is 0 Å². The molecule has 1 atom stereocenters. The molecular weight excluding hydrogens is 270 g/mol. The van der Waals surface area contributed by atoms with Gasteiger partial charge in [-0.3, -0.25) is 4.79 Å². The molecule has 0 radical (unpaired) electrons. The van der Waals surface area contributed by atoms with Crippen molar-refractivity contribution in [3.8, 4) is 0 Å². The first-order chi connectivity index (χ1) is 8.61. The van der Waals surface area contributed by atoms with Crippen LogP contribution in [-0.4, -0.2) is 32.7 Å². The number of ether oxygens (including phenoxy) is 1. The average molecular weight is 283 g/mol. The van der Waals surface area contributed by atoms with Gasteiger partial charge in [-0.1, -0.05) is 6.92 Å². The Labute approximate surface area is 113 Å². The molecule has 5 nitrogen and oxygen atoms in total. The second-order valence-corrected chi connectivity index (χ2v) is 6.01. The summed E-state index contributed by atoms with van der Waals surface area (Å²) < 4.78 is 8.93. The number of carbonyl (C=O) groups excluding carboxylic acids is 1. The predicted octanol–water partition coefficient (Wildman–Crippen LogP) is 2.44.